The van der Waals surface area contributed by atoms with Crippen LogP contribution in [0.4, 0.5) is 17.6 Å². The molecule has 160 valence electrons. The van der Waals surface area contributed by atoms with Crippen molar-refractivity contribution in [1.29, 1.82) is 5.26 Å². The van der Waals surface area contributed by atoms with E-state index < -0.39 is 11.6 Å². The van der Waals surface area contributed by atoms with Crippen molar-refractivity contribution in [2.24, 2.45) is 0 Å². The lowest BCUT2D eigenvalue weighted by molar-refractivity contribution is 0.475. The molecule has 0 aliphatic carbocycles. The van der Waals surface area contributed by atoms with E-state index in [9.17, 15) is 15.2 Å². The second-order valence-electron chi connectivity index (χ2n) is 6.93. The highest BCUT2D eigenvalue weighted by Crippen LogP contribution is 2.27. The van der Waals surface area contributed by atoms with Gasteiger partial charge in [0.25, 0.3) is 5.56 Å². The fourth-order valence-corrected chi connectivity index (χ4v) is 3.61. The van der Waals surface area contributed by atoms with Gasteiger partial charge in [0.1, 0.15) is 29.0 Å². The normalized spacial score (nSPS) is 11.8. The van der Waals surface area contributed by atoms with E-state index in [4.69, 9.17) is 23.1 Å². The van der Waals surface area contributed by atoms with E-state index in [2.05, 4.69) is 20.3 Å². The molecule has 32 heavy (non-hydrogen) atoms. The first kappa shape index (κ1) is 20.9. The zero-order chi connectivity index (χ0) is 23.0. The van der Waals surface area contributed by atoms with Crippen LogP contribution in [0.25, 0.3) is 16.6 Å². The molecule has 1 atom stereocenters. The lowest BCUT2D eigenvalue weighted by Gasteiger charge is -2.21. The number of aromatic hydroxyl groups is 1. The zero-order valence-electron chi connectivity index (χ0n) is 16.7. The summed E-state index contributed by atoms with van der Waals surface area (Å²) in [6.07, 6.45) is 0. The summed E-state index contributed by atoms with van der Waals surface area (Å²) in [5, 5.41) is 22.9. The molecule has 4 rings (SSSR count). The van der Waals surface area contributed by atoms with Gasteiger partial charge in [-0.25, -0.2) is 4.98 Å². The average molecular weight is 449 g/mol. The molecule has 0 fully saturated rings. The summed E-state index contributed by atoms with van der Waals surface area (Å²) >= 11 is 6.29. The standard InChI is InChI=1S/C21H17ClN8O2/c1-10(26-18-13(9-23)17(24)28-21(25)29-18)19-27-15-7-3-6-14(22)16(15)20(32)30(19)11-4-2-5-12(31)8-11/h2-8,10,31H,1H3,(H5,24,25,26,28,29). The fourth-order valence-electron chi connectivity index (χ4n) is 3.36. The fraction of sp³-hybridized carbons (Fsp3) is 0.0952. The summed E-state index contributed by atoms with van der Waals surface area (Å²) in [6, 6.07) is 12.5. The van der Waals surface area contributed by atoms with Gasteiger partial charge in [0.05, 0.1) is 27.7 Å². The van der Waals surface area contributed by atoms with Crippen molar-refractivity contribution in [3.05, 3.63) is 69.2 Å². The van der Waals surface area contributed by atoms with Crippen molar-refractivity contribution < 1.29 is 5.11 Å². The Morgan fingerprint density at radius 1 is 1.19 bits per heavy atom. The Labute approximate surface area is 186 Å². The quantitative estimate of drug-likeness (QED) is 0.366. The number of nitrogen functional groups attached to an aromatic ring is 2. The molecule has 0 amide bonds. The number of halogens is 1. The van der Waals surface area contributed by atoms with Crippen molar-refractivity contribution >= 4 is 40.1 Å². The largest absolute Gasteiger partial charge is 0.508 e. The maximum atomic E-state index is 13.5. The van der Waals surface area contributed by atoms with E-state index in [0.717, 1.165) is 0 Å². The van der Waals surface area contributed by atoms with Gasteiger partial charge in [-0.05, 0) is 31.2 Å². The molecule has 0 spiro atoms. The first-order valence-corrected chi connectivity index (χ1v) is 9.78. The van der Waals surface area contributed by atoms with E-state index in [-0.39, 0.29) is 45.1 Å². The van der Waals surface area contributed by atoms with Crippen molar-refractivity contribution in [2.45, 2.75) is 13.0 Å². The summed E-state index contributed by atoms with van der Waals surface area (Å²) in [6.45, 7) is 1.73. The Kier molecular flexibility index (Phi) is 5.26. The number of phenolic OH excluding ortho intramolecular Hbond substituents is 1. The molecule has 0 saturated heterocycles. The van der Waals surface area contributed by atoms with E-state index >= 15 is 0 Å². The molecule has 0 bridgehead atoms. The molecular weight excluding hydrogens is 432 g/mol. The molecule has 1 unspecified atom stereocenters. The van der Waals surface area contributed by atoms with Crippen molar-refractivity contribution in [3.63, 3.8) is 0 Å². The average Bonchev–Trinajstić information content (AvgIpc) is 2.73. The number of hydrogen-bond acceptors (Lipinski definition) is 9. The van der Waals surface area contributed by atoms with Gasteiger partial charge in [0.2, 0.25) is 5.95 Å². The summed E-state index contributed by atoms with van der Waals surface area (Å²) < 4.78 is 1.34. The molecule has 4 aromatic rings. The van der Waals surface area contributed by atoms with Crippen LogP contribution >= 0.6 is 11.6 Å². The molecule has 10 nitrogen and oxygen atoms in total. The molecule has 2 heterocycles. The summed E-state index contributed by atoms with van der Waals surface area (Å²) in [5.41, 5.74) is 11.9. The Balaban J connectivity index is 1.95. The third-order valence-electron chi connectivity index (χ3n) is 4.77. The molecule has 0 aliphatic rings. The van der Waals surface area contributed by atoms with Crippen LogP contribution in [0.5, 0.6) is 5.75 Å². The monoisotopic (exact) mass is 448 g/mol. The Hall–Kier alpha value is -4.36. The number of aromatic nitrogens is 4. The summed E-state index contributed by atoms with van der Waals surface area (Å²) in [5.74, 6) is 0.185. The number of nitrogens with one attached hydrogen (secondary N) is 1. The summed E-state index contributed by atoms with van der Waals surface area (Å²) in [4.78, 5) is 26.0. The van der Waals surface area contributed by atoms with Crippen molar-refractivity contribution in [3.8, 4) is 17.5 Å². The highest BCUT2D eigenvalue weighted by Gasteiger charge is 2.22. The first-order valence-electron chi connectivity index (χ1n) is 9.40. The number of nitrogens with zero attached hydrogens (tertiary/aromatic N) is 5. The van der Waals surface area contributed by atoms with Crippen LogP contribution < -0.4 is 22.3 Å². The predicted octanol–water partition coefficient (Wildman–Crippen LogP) is 2.74. The summed E-state index contributed by atoms with van der Waals surface area (Å²) in [7, 11) is 0. The van der Waals surface area contributed by atoms with Crippen LogP contribution in [0.1, 0.15) is 24.4 Å². The molecule has 2 aromatic heterocycles. The highest BCUT2D eigenvalue weighted by molar-refractivity contribution is 6.35. The molecule has 2 aromatic carbocycles. The highest BCUT2D eigenvalue weighted by atomic mass is 35.5. The van der Waals surface area contributed by atoms with Crippen molar-refractivity contribution in [2.75, 3.05) is 16.8 Å². The maximum Gasteiger partial charge on any atom is 0.267 e. The number of benzene rings is 2. The molecule has 6 N–H and O–H groups in total. The number of nitriles is 1. The third kappa shape index (κ3) is 3.61. The smallest absolute Gasteiger partial charge is 0.267 e. The number of rotatable bonds is 4. The van der Waals surface area contributed by atoms with E-state index in [0.29, 0.717) is 11.2 Å². The minimum absolute atomic E-state index is 0.0149. The van der Waals surface area contributed by atoms with Gasteiger partial charge in [0.15, 0.2) is 5.82 Å². The Morgan fingerprint density at radius 3 is 2.66 bits per heavy atom. The van der Waals surface area contributed by atoms with Gasteiger partial charge in [-0.1, -0.05) is 23.7 Å². The SMILES string of the molecule is CC(Nc1nc(N)nc(N)c1C#N)c1nc2cccc(Cl)c2c(=O)n1-c1cccc(O)c1. The van der Waals surface area contributed by atoms with Crippen molar-refractivity contribution in [1.82, 2.24) is 19.5 Å². The second kappa shape index (κ2) is 8.05. The van der Waals surface area contributed by atoms with Crippen LogP contribution in [0.2, 0.25) is 5.02 Å². The van der Waals surface area contributed by atoms with E-state index in [1.165, 1.54) is 16.7 Å². The van der Waals surface area contributed by atoms with E-state index in [1.54, 1.807) is 37.3 Å². The molecule has 0 aliphatic heterocycles. The number of nitrogens with two attached hydrogens (primary N) is 2. The first-order chi connectivity index (χ1) is 15.3. The van der Waals surface area contributed by atoms with Gasteiger partial charge >= 0.3 is 0 Å². The Bertz CT molecular complexity index is 1460. The lowest BCUT2D eigenvalue weighted by Crippen LogP contribution is -2.28. The number of hydrogen-bond donors (Lipinski definition) is 4. The third-order valence-corrected chi connectivity index (χ3v) is 5.08. The van der Waals surface area contributed by atoms with Gasteiger partial charge in [-0.3, -0.25) is 9.36 Å². The van der Waals surface area contributed by atoms with Gasteiger partial charge in [-0.15, -0.1) is 0 Å². The van der Waals surface area contributed by atoms with Crippen LogP contribution in [-0.4, -0.2) is 24.6 Å². The van der Waals surface area contributed by atoms with Crippen LogP contribution in [0.15, 0.2) is 47.3 Å². The number of anilines is 3. The minimum Gasteiger partial charge on any atom is -0.508 e. The maximum absolute atomic E-state index is 13.5. The zero-order valence-corrected chi connectivity index (χ0v) is 17.5. The van der Waals surface area contributed by atoms with Crippen LogP contribution in [-0.2, 0) is 0 Å². The molecule has 11 heteroatoms. The number of phenols is 1. The topological polar surface area (TPSA) is 169 Å². The predicted molar refractivity (Wildman–Crippen MR) is 122 cm³/mol. The van der Waals surface area contributed by atoms with Gasteiger partial charge in [-0.2, -0.15) is 15.2 Å². The second-order valence-corrected chi connectivity index (χ2v) is 7.34. The minimum atomic E-state index is -0.644. The van der Waals surface area contributed by atoms with Gasteiger partial charge in [0, 0.05) is 6.07 Å². The number of fused-ring (bicyclic) bond motifs is 1. The molecular formula is C21H17ClN8O2. The molecule has 0 saturated carbocycles. The molecule has 0 radical (unpaired) electrons. The lowest BCUT2D eigenvalue weighted by atomic mass is 10.2. The van der Waals surface area contributed by atoms with E-state index in [1.807, 2.05) is 6.07 Å². The van der Waals surface area contributed by atoms with Crippen LogP contribution in [0.3, 0.4) is 0 Å². The van der Waals surface area contributed by atoms with Gasteiger partial charge < -0.3 is 21.9 Å². The Morgan fingerprint density at radius 2 is 1.94 bits per heavy atom. The van der Waals surface area contributed by atoms with Crippen LogP contribution in [0, 0.1) is 11.3 Å².